The summed E-state index contributed by atoms with van der Waals surface area (Å²) in [7, 11) is 0. The van der Waals surface area contributed by atoms with Gasteiger partial charge in [0.2, 0.25) is 0 Å². The second kappa shape index (κ2) is 2.32. The Morgan fingerprint density at radius 1 is 1.57 bits per heavy atom. The third-order valence-electron chi connectivity index (χ3n) is 0.331. The largest absolute Gasteiger partial charge is 0.288 e. The number of hydrogen-bond donors (Lipinski definition) is 2. The molecule has 0 aromatic rings. The molecular formula is C3H2ClN3. The monoisotopic (exact) mass is 115 g/mol. The first-order chi connectivity index (χ1) is 3.18. The number of nitrogens with zero attached hydrogens (tertiary/aromatic N) is 1. The molecule has 3 nitrogen and oxygen atoms in total. The molecule has 0 atom stereocenters. The molecule has 0 bridgehead atoms. The molecule has 7 heavy (non-hydrogen) atoms. The zero-order valence-corrected chi connectivity index (χ0v) is 4.08. The first-order valence-corrected chi connectivity index (χ1v) is 1.79. The lowest BCUT2D eigenvalue weighted by Crippen LogP contribution is -1.98. The van der Waals surface area contributed by atoms with Gasteiger partial charge in [-0.25, -0.2) is 0 Å². The minimum atomic E-state index is -0.512. The van der Waals surface area contributed by atoms with E-state index in [0.717, 1.165) is 0 Å². The summed E-state index contributed by atoms with van der Waals surface area (Å²) in [5, 5.41) is 20.2. The van der Waals surface area contributed by atoms with Crippen molar-refractivity contribution in [2.75, 3.05) is 0 Å². The van der Waals surface area contributed by atoms with Crippen molar-refractivity contribution in [2.45, 2.75) is 0 Å². The average molecular weight is 116 g/mol. The first-order valence-electron chi connectivity index (χ1n) is 1.41. The van der Waals surface area contributed by atoms with Gasteiger partial charge in [0.25, 0.3) is 0 Å². The van der Waals surface area contributed by atoms with Crippen molar-refractivity contribution in [3.8, 4) is 6.07 Å². The van der Waals surface area contributed by atoms with Gasteiger partial charge in [-0.05, 0) is 0 Å². The zero-order valence-electron chi connectivity index (χ0n) is 3.33. The predicted octanol–water partition coefficient (Wildman–Crippen LogP) is 0.746. The van der Waals surface area contributed by atoms with Crippen LogP contribution in [0.25, 0.3) is 0 Å². The minimum Gasteiger partial charge on any atom is -0.288 e. The molecule has 0 aromatic heterocycles. The van der Waals surface area contributed by atoms with Gasteiger partial charge in [-0.15, -0.1) is 0 Å². The van der Waals surface area contributed by atoms with Gasteiger partial charge in [0.15, 0.2) is 10.9 Å². The summed E-state index contributed by atoms with van der Waals surface area (Å²) < 4.78 is 0. The molecule has 0 amide bonds. The van der Waals surface area contributed by atoms with Crippen LogP contribution in [0.4, 0.5) is 0 Å². The molecule has 0 aliphatic heterocycles. The van der Waals surface area contributed by atoms with E-state index in [-0.39, 0.29) is 0 Å². The van der Waals surface area contributed by atoms with Crippen LogP contribution in [-0.4, -0.2) is 10.9 Å². The van der Waals surface area contributed by atoms with Gasteiger partial charge in [0.1, 0.15) is 6.07 Å². The molecule has 0 fully saturated rings. The topological polar surface area (TPSA) is 71.5 Å². The molecule has 0 rings (SSSR count). The van der Waals surface area contributed by atoms with Gasteiger partial charge in [-0.2, -0.15) is 5.26 Å². The van der Waals surface area contributed by atoms with E-state index in [0.29, 0.717) is 0 Å². The van der Waals surface area contributed by atoms with Crippen LogP contribution in [0.3, 0.4) is 0 Å². The Kier molecular flexibility index (Phi) is 2.03. The van der Waals surface area contributed by atoms with Crippen LogP contribution in [0.15, 0.2) is 0 Å². The normalized spacial score (nSPS) is 6.86. The number of rotatable bonds is 1. The Labute approximate surface area is 45.5 Å². The van der Waals surface area contributed by atoms with Crippen LogP contribution in [0.1, 0.15) is 0 Å². The molecule has 0 aliphatic carbocycles. The van der Waals surface area contributed by atoms with E-state index in [1.54, 1.807) is 0 Å². The molecule has 0 unspecified atom stereocenters. The first kappa shape index (κ1) is 6.12. The van der Waals surface area contributed by atoms with Crippen LogP contribution >= 0.6 is 11.6 Å². The summed E-state index contributed by atoms with van der Waals surface area (Å²) in [6.07, 6.45) is 0. The van der Waals surface area contributed by atoms with Crippen molar-refractivity contribution < 1.29 is 0 Å². The Morgan fingerprint density at radius 2 is 2.00 bits per heavy atom. The quantitative estimate of drug-likeness (QED) is 0.486. The van der Waals surface area contributed by atoms with Gasteiger partial charge in [-0.1, -0.05) is 11.6 Å². The lowest BCUT2D eigenvalue weighted by atomic mass is 10.5. The van der Waals surface area contributed by atoms with Crippen molar-refractivity contribution in [1.29, 1.82) is 16.1 Å². The molecule has 0 spiro atoms. The van der Waals surface area contributed by atoms with Crippen molar-refractivity contribution in [3.63, 3.8) is 0 Å². The maximum atomic E-state index is 7.81. The number of nitriles is 1. The Hall–Kier alpha value is -0.880. The van der Waals surface area contributed by atoms with Crippen molar-refractivity contribution >= 4 is 22.5 Å². The predicted molar refractivity (Wildman–Crippen MR) is 26.9 cm³/mol. The van der Waals surface area contributed by atoms with Gasteiger partial charge in [0.05, 0.1) is 0 Å². The van der Waals surface area contributed by atoms with Gasteiger partial charge in [0, 0.05) is 0 Å². The smallest absolute Gasteiger partial charge is 0.169 e. The Bertz CT molecular complexity index is 143. The Morgan fingerprint density at radius 3 is 2.00 bits per heavy atom. The fraction of sp³-hybridized carbons (Fsp3) is 0. The highest BCUT2D eigenvalue weighted by molar-refractivity contribution is 6.84. The summed E-state index contributed by atoms with van der Waals surface area (Å²) in [4.78, 5) is 0. The number of halogens is 1. The molecule has 2 N–H and O–H groups in total. The molecular weight excluding hydrogens is 114 g/mol. The molecule has 0 saturated carbocycles. The van der Waals surface area contributed by atoms with Crippen LogP contribution in [0, 0.1) is 22.1 Å². The molecule has 4 heteroatoms. The Balaban J connectivity index is 3.90. The number of hydrogen-bond acceptors (Lipinski definition) is 3. The van der Waals surface area contributed by atoms with E-state index in [4.69, 9.17) is 27.7 Å². The highest BCUT2D eigenvalue weighted by Gasteiger charge is 1.94. The third-order valence-corrected chi connectivity index (χ3v) is 0.520. The summed E-state index contributed by atoms with van der Waals surface area (Å²) in [6, 6.07) is 1.39. The van der Waals surface area contributed by atoms with Crippen LogP contribution in [-0.2, 0) is 0 Å². The van der Waals surface area contributed by atoms with Crippen molar-refractivity contribution in [3.05, 3.63) is 0 Å². The molecule has 0 saturated heterocycles. The lowest BCUT2D eigenvalue weighted by molar-refractivity contribution is 1.49. The molecule has 0 aliphatic rings. The average Bonchev–Trinajstić information content (AvgIpc) is 1.65. The number of nitrogens with one attached hydrogen (secondary N) is 2. The van der Waals surface area contributed by atoms with Gasteiger partial charge in [-0.3, -0.25) is 10.8 Å². The summed E-state index contributed by atoms with van der Waals surface area (Å²) in [5.41, 5.74) is -0.498. The maximum Gasteiger partial charge on any atom is 0.169 e. The van der Waals surface area contributed by atoms with E-state index >= 15 is 0 Å². The highest BCUT2D eigenvalue weighted by atomic mass is 35.5. The van der Waals surface area contributed by atoms with Crippen molar-refractivity contribution in [2.24, 2.45) is 0 Å². The van der Waals surface area contributed by atoms with Gasteiger partial charge >= 0.3 is 0 Å². The van der Waals surface area contributed by atoms with Crippen LogP contribution in [0.5, 0.6) is 0 Å². The zero-order chi connectivity index (χ0) is 5.86. The standard InChI is InChI=1S/C3H2ClN3/c4-3(7)2(6)1-5/h6-7H. The fourth-order valence-electron chi connectivity index (χ4n) is 0.0491. The second-order valence-electron chi connectivity index (χ2n) is 0.801. The lowest BCUT2D eigenvalue weighted by Gasteiger charge is -1.77. The summed E-state index contributed by atoms with van der Waals surface area (Å²) >= 11 is 4.86. The molecule has 0 radical (unpaired) electrons. The van der Waals surface area contributed by atoms with Gasteiger partial charge < -0.3 is 0 Å². The van der Waals surface area contributed by atoms with E-state index in [1.165, 1.54) is 6.07 Å². The molecule has 0 heterocycles. The second-order valence-corrected chi connectivity index (χ2v) is 1.18. The summed E-state index contributed by atoms with van der Waals surface area (Å²) in [5.74, 6) is 0. The van der Waals surface area contributed by atoms with E-state index in [2.05, 4.69) is 0 Å². The maximum absolute atomic E-state index is 7.81. The van der Waals surface area contributed by atoms with Crippen molar-refractivity contribution in [1.82, 2.24) is 0 Å². The third kappa shape index (κ3) is 1.90. The van der Waals surface area contributed by atoms with E-state index < -0.39 is 10.9 Å². The highest BCUT2D eigenvalue weighted by Crippen LogP contribution is 1.79. The minimum absolute atomic E-state index is 0.498. The fourth-order valence-corrected chi connectivity index (χ4v) is 0.0913. The summed E-state index contributed by atoms with van der Waals surface area (Å²) in [6.45, 7) is 0. The molecule has 0 aromatic carbocycles. The SMILES string of the molecule is N#CC(=N)C(=N)Cl. The van der Waals surface area contributed by atoms with E-state index in [9.17, 15) is 0 Å². The van der Waals surface area contributed by atoms with Crippen LogP contribution in [0.2, 0.25) is 0 Å². The van der Waals surface area contributed by atoms with Crippen LogP contribution < -0.4 is 0 Å². The van der Waals surface area contributed by atoms with E-state index in [1.807, 2.05) is 0 Å². The molecule has 36 valence electrons.